The molecule has 11 heavy (non-hydrogen) atoms. The van der Waals surface area contributed by atoms with E-state index in [9.17, 15) is 0 Å². The quantitative estimate of drug-likeness (QED) is 0.669. The maximum atomic E-state index is 4.17. The van der Waals surface area contributed by atoms with Crippen LogP contribution in [0.1, 0.15) is 25.2 Å². The number of rotatable bonds is 2. The molecule has 62 valence electrons. The maximum absolute atomic E-state index is 4.17. The normalized spacial score (nSPS) is 12.0. The predicted octanol–water partition coefficient (Wildman–Crippen LogP) is 1.17. The molecular weight excluding hydrogens is 138 g/mol. The molecule has 0 bridgehead atoms. The Hall–Kier alpha value is -0.830. The topological polar surface area (TPSA) is 40.7 Å². The summed E-state index contributed by atoms with van der Waals surface area (Å²) in [4.78, 5) is 0. The average molecular weight is 153 g/mol. The van der Waals surface area contributed by atoms with Gasteiger partial charge >= 0.3 is 0 Å². The minimum absolute atomic E-state index is 0.0369. The zero-order valence-corrected chi connectivity index (χ0v) is 7.52. The van der Waals surface area contributed by atoms with Crippen LogP contribution in [0.15, 0.2) is 6.07 Å². The number of hydrogen-bond acceptors (Lipinski definition) is 2. The molecule has 1 aromatic rings. The van der Waals surface area contributed by atoms with Gasteiger partial charge in [0.2, 0.25) is 0 Å². The minimum atomic E-state index is -0.0369. The van der Waals surface area contributed by atoms with Crippen molar-refractivity contribution in [2.45, 2.75) is 26.3 Å². The van der Waals surface area contributed by atoms with Gasteiger partial charge in [-0.1, -0.05) is 0 Å². The summed E-state index contributed by atoms with van der Waals surface area (Å²) < 4.78 is 0. The number of nitrogens with zero attached hydrogens (tertiary/aromatic N) is 1. The van der Waals surface area contributed by atoms with Gasteiger partial charge in [0, 0.05) is 5.69 Å². The molecule has 3 heteroatoms. The molecule has 0 aliphatic heterocycles. The van der Waals surface area contributed by atoms with Crippen LogP contribution in [0.4, 0.5) is 0 Å². The van der Waals surface area contributed by atoms with E-state index in [1.165, 1.54) is 0 Å². The lowest BCUT2D eigenvalue weighted by Crippen LogP contribution is -2.33. The summed E-state index contributed by atoms with van der Waals surface area (Å²) >= 11 is 0. The largest absolute Gasteiger partial charge is 0.310 e. The van der Waals surface area contributed by atoms with Crippen LogP contribution >= 0.6 is 0 Å². The number of aryl methyl sites for hydroxylation is 1. The van der Waals surface area contributed by atoms with E-state index in [4.69, 9.17) is 0 Å². The monoisotopic (exact) mass is 153 g/mol. The van der Waals surface area contributed by atoms with Crippen molar-refractivity contribution >= 4 is 0 Å². The lowest BCUT2D eigenvalue weighted by molar-refractivity contribution is 0.430. The molecular formula is C8H15N3. The Balaban J connectivity index is 2.92. The molecule has 0 fully saturated rings. The molecule has 0 saturated carbocycles. The Morgan fingerprint density at radius 2 is 2.18 bits per heavy atom. The van der Waals surface area contributed by atoms with E-state index in [1.54, 1.807) is 0 Å². The van der Waals surface area contributed by atoms with Gasteiger partial charge in [-0.15, -0.1) is 0 Å². The van der Waals surface area contributed by atoms with Crippen LogP contribution in [0.2, 0.25) is 0 Å². The molecule has 2 N–H and O–H groups in total. The first-order valence-electron chi connectivity index (χ1n) is 3.77. The first-order valence-corrected chi connectivity index (χ1v) is 3.77. The summed E-state index contributed by atoms with van der Waals surface area (Å²) in [5, 5.41) is 10.3. The number of aromatic nitrogens is 2. The van der Waals surface area contributed by atoms with E-state index in [1.807, 2.05) is 14.0 Å². The van der Waals surface area contributed by atoms with Crippen molar-refractivity contribution < 1.29 is 0 Å². The first-order chi connectivity index (χ1) is 5.06. The Morgan fingerprint density at radius 1 is 1.55 bits per heavy atom. The molecule has 0 unspecified atom stereocenters. The molecule has 0 aliphatic carbocycles. The summed E-state index contributed by atoms with van der Waals surface area (Å²) in [6.45, 7) is 6.20. The van der Waals surface area contributed by atoms with Crippen LogP contribution in [0.25, 0.3) is 0 Å². The number of aromatic amines is 1. The Morgan fingerprint density at radius 3 is 2.55 bits per heavy atom. The molecule has 0 atom stereocenters. The molecule has 1 aromatic heterocycles. The van der Waals surface area contributed by atoms with Gasteiger partial charge < -0.3 is 5.32 Å². The third-order valence-electron chi connectivity index (χ3n) is 1.97. The van der Waals surface area contributed by atoms with Crippen LogP contribution in [-0.4, -0.2) is 17.2 Å². The highest BCUT2D eigenvalue weighted by molar-refractivity contribution is 5.14. The van der Waals surface area contributed by atoms with Gasteiger partial charge in [-0.25, -0.2) is 0 Å². The van der Waals surface area contributed by atoms with Gasteiger partial charge in [-0.3, -0.25) is 5.10 Å². The smallest absolute Gasteiger partial charge is 0.0819 e. The fourth-order valence-electron chi connectivity index (χ4n) is 0.866. The second-order valence-corrected chi connectivity index (χ2v) is 3.31. The van der Waals surface area contributed by atoms with E-state index in [2.05, 4.69) is 35.4 Å². The molecule has 1 heterocycles. The standard InChI is InChI=1S/C8H15N3/c1-6-5-7(11-10-6)8(2,3)9-4/h5,9H,1-4H3,(H,10,11). The van der Waals surface area contributed by atoms with Crippen molar-refractivity contribution in [1.82, 2.24) is 15.5 Å². The number of H-pyrrole nitrogens is 1. The predicted molar refractivity (Wildman–Crippen MR) is 45.4 cm³/mol. The van der Waals surface area contributed by atoms with Gasteiger partial charge in [0.05, 0.1) is 11.2 Å². The molecule has 0 saturated heterocycles. The van der Waals surface area contributed by atoms with Gasteiger partial charge in [0.15, 0.2) is 0 Å². The van der Waals surface area contributed by atoms with E-state index in [0.717, 1.165) is 11.4 Å². The highest BCUT2D eigenvalue weighted by atomic mass is 15.1. The van der Waals surface area contributed by atoms with Crippen molar-refractivity contribution in [1.29, 1.82) is 0 Å². The zero-order valence-electron chi connectivity index (χ0n) is 7.52. The zero-order chi connectivity index (χ0) is 8.48. The molecule has 0 aromatic carbocycles. The van der Waals surface area contributed by atoms with Gasteiger partial charge in [0.25, 0.3) is 0 Å². The fraction of sp³-hybridized carbons (Fsp3) is 0.625. The molecule has 0 aliphatic rings. The summed E-state index contributed by atoms with van der Waals surface area (Å²) in [5.41, 5.74) is 2.12. The van der Waals surface area contributed by atoms with E-state index < -0.39 is 0 Å². The van der Waals surface area contributed by atoms with E-state index >= 15 is 0 Å². The second-order valence-electron chi connectivity index (χ2n) is 3.31. The molecule has 3 nitrogen and oxygen atoms in total. The number of hydrogen-bond donors (Lipinski definition) is 2. The molecule has 0 amide bonds. The lowest BCUT2D eigenvalue weighted by Gasteiger charge is -2.20. The average Bonchev–Trinajstić information content (AvgIpc) is 2.36. The van der Waals surface area contributed by atoms with Crippen molar-refractivity contribution in [3.63, 3.8) is 0 Å². The second kappa shape index (κ2) is 2.66. The van der Waals surface area contributed by atoms with Crippen molar-refractivity contribution in [3.05, 3.63) is 17.5 Å². The summed E-state index contributed by atoms with van der Waals surface area (Å²) in [5.74, 6) is 0. The van der Waals surface area contributed by atoms with E-state index in [-0.39, 0.29) is 5.54 Å². The summed E-state index contributed by atoms with van der Waals surface area (Å²) in [6.07, 6.45) is 0. The van der Waals surface area contributed by atoms with Crippen LogP contribution < -0.4 is 5.32 Å². The van der Waals surface area contributed by atoms with Crippen LogP contribution in [-0.2, 0) is 5.54 Å². The van der Waals surface area contributed by atoms with Gasteiger partial charge in [-0.05, 0) is 33.9 Å². The highest BCUT2D eigenvalue weighted by Crippen LogP contribution is 2.16. The first kappa shape index (κ1) is 8.27. The summed E-state index contributed by atoms with van der Waals surface area (Å²) in [7, 11) is 1.93. The lowest BCUT2D eigenvalue weighted by atomic mass is 10.0. The third kappa shape index (κ3) is 1.60. The van der Waals surface area contributed by atoms with Gasteiger partial charge in [0.1, 0.15) is 0 Å². The summed E-state index contributed by atoms with van der Waals surface area (Å²) in [6, 6.07) is 2.05. The maximum Gasteiger partial charge on any atom is 0.0819 e. The van der Waals surface area contributed by atoms with Crippen LogP contribution in [0.3, 0.4) is 0 Å². The Bertz CT molecular complexity index is 237. The minimum Gasteiger partial charge on any atom is -0.310 e. The van der Waals surface area contributed by atoms with Crippen molar-refractivity contribution in [2.75, 3.05) is 7.05 Å². The number of nitrogens with one attached hydrogen (secondary N) is 2. The van der Waals surface area contributed by atoms with E-state index in [0.29, 0.717) is 0 Å². The molecule has 0 radical (unpaired) electrons. The Kier molecular flexibility index (Phi) is 2.00. The molecule has 1 rings (SSSR count). The fourth-order valence-corrected chi connectivity index (χ4v) is 0.866. The highest BCUT2D eigenvalue weighted by Gasteiger charge is 2.19. The van der Waals surface area contributed by atoms with Crippen LogP contribution in [0.5, 0.6) is 0 Å². The van der Waals surface area contributed by atoms with Crippen molar-refractivity contribution in [2.24, 2.45) is 0 Å². The SMILES string of the molecule is CNC(C)(C)c1cc(C)[nH]n1. The third-order valence-corrected chi connectivity index (χ3v) is 1.97. The van der Waals surface area contributed by atoms with Crippen molar-refractivity contribution in [3.8, 4) is 0 Å². The van der Waals surface area contributed by atoms with Crippen LogP contribution in [0, 0.1) is 6.92 Å². The molecule has 0 spiro atoms. The Labute approximate surface area is 67.2 Å². The van der Waals surface area contributed by atoms with Gasteiger partial charge in [-0.2, -0.15) is 5.10 Å².